The molecule has 0 bridgehead atoms. The Morgan fingerprint density at radius 2 is 2.22 bits per heavy atom. The molecule has 2 N–H and O–H groups in total. The lowest BCUT2D eigenvalue weighted by Crippen LogP contribution is -2.37. The quantitative estimate of drug-likeness (QED) is 0.768. The first kappa shape index (κ1) is 13.3. The Morgan fingerprint density at radius 1 is 1.56 bits per heavy atom. The Hall–Kier alpha value is -1.10. The molecule has 0 spiro atoms. The monoisotopic (exact) mass is 254 g/mol. The Bertz CT molecular complexity index is 352. The number of ether oxygens (including phenoxy) is 1. The highest BCUT2D eigenvalue weighted by Crippen LogP contribution is 2.41. The van der Waals surface area contributed by atoms with Crippen LogP contribution in [0.15, 0.2) is 5.16 Å². The van der Waals surface area contributed by atoms with Gasteiger partial charge in [-0.25, -0.2) is 0 Å². The zero-order chi connectivity index (χ0) is 13.3. The first-order valence-corrected chi connectivity index (χ1v) is 6.70. The molecule has 2 rings (SSSR count). The van der Waals surface area contributed by atoms with Crippen LogP contribution in [0.1, 0.15) is 33.1 Å². The van der Waals surface area contributed by atoms with Gasteiger partial charge in [-0.1, -0.05) is 19.0 Å². The van der Waals surface area contributed by atoms with Gasteiger partial charge in [0.05, 0.1) is 24.7 Å². The molecule has 1 aliphatic carbocycles. The molecule has 0 saturated heterocycles. The number of methoxy groups -OCH3 is 1. The Labute approximate surface area is 108 Å². The number of rotatable bonds is 4. The molecule has 0 unspecified atom stereocenters. The van der Waals surface area contributed by atoms with Crippen molar-refractivity contribution in [1.29, 1.82) is 0 Å². The van der Waals surface area contributed by atoms with E-state index in [-0.39, 0.29) is 30.0 Å². The van der Waals surface area contributed by atoms with Crippen LogP contribution in [0.4, 0.5) is 0 Å². The van der Waals surface area contributed by atoms with Gasteiger partial charge in [0.2, 0.25) is 0 Å². The highest BCUT2D eigenvalue weighted by Gasteiger charge is 2.53. The third kappa shape index (κ3) is 2.00. The van der Waals surface area contributed by atoms with E-state index in [1.54, 1.807) is 0 Å². The van der Waals surface area contributed by atoms with Crippen LogP contribution in [0.3, 0.4) is 0 Å². The van der Waals surface area contributed by atoms with Crippen molar-refractivity contribution in [1.82, 2.24) is 0 Å². The van der Waals surface area contributed by atoms with Gasteiger partial charge in [-0.15, -0.1) is 0 Å². The summed E-state index contributed by atoms with van der Waals surface area (Å²) in [6.45, 7) is 4.28. The van der Waals surface area contributed by atoms with Gasteiger partial charge in [0, 0.05) is 12.0 Å². The van der Waals surface area contributed by atoms with Crippen LogP contribution in [0.5, 0.6) is 0 Å². The van der Waals surface area contributed by atoms with Gasteiger partial charge in [-0.3, -0.25) is 4.79 Å². The van der Waals surface area contributed by atoms with Crippen molar-refractivity contribution in [3.05, 3.63) is 0 Å². The summed E-state index contributed by atoms with van der Waals surface area (Å²) >= 11 is 0. The zero-order valence-corrected chi connectivity index (χ0v) is 11.3. The van der Waals surface area contributed by atoms with E-state index in [0.717, 1.165) is 18.6 Å². The number of carbonyl (C=O) groups excluding carboxylic acids is 1. The van der Waals surface area contributed by atoms with E-state index in [4.69, 9.17) is 15.3 Å². The van der Waals surface area contributed by atoms with Crippen LogP contribution >= 0.6 is 0 Å². The van der Waals surface area contributed by atoms with Crippen molar-refractivity contribution >= 4 is 11.7 Å². The topological polar surface area (TPSA) is 73.9 Å². The second kappa shape index (κ2) is 5.26. The average Bonchev–Trinajstić information content (AvgIpc) is 2.93. The molecule has 0 aromatic rings. The minimum atomic E-state index is -0.273. The number of hydrogen-bond acceptors (Lipinski definition) is 5. The highest BCUT2D eigenvalue weighted by atomic mass is 16.6. The number of oxime groups is 1. The maximum atomic E-state index is 11.7. The van der Waals surface area contributed by atoms with Gasteiger partial charge in [0.15, 0.2) is 6.10 Å². The summed E-state index contributed by atoms with van der Waals surface area (Å²) in [6, 6.07) is -0.0547. The Kier molecular flexibility index (Phi) is 3.90. The first-order chi connectivity index (χ1) is 8.63. The predicted octanol–water partition coefficient (Wildman–Crippen LogP) is 1.31. The second-order valence-corrected chi connectivity index (χ2v) is 5.15. The molecule has 1 fully saturated rings. The van der Waals surface area contributed by atoms with Gasteiger partial charge < -0.3 is 15.3 Å². The molecule has 102 valence electrons. The molecule has 0 aromatic heterocycles. The maximum Gasteiger partial charge on any atom is 0.312 e. The van der Waals surface area contributed by atoms with Crippen molar-refractivity contribution in [2.75, 3.05) is 7.11 Å². The van der Waals surface area contributed by atoms with Crippen LogP contribution in [0.2, 0.25) is 0 Å². The summed E-state index contributed by atoms with van der Waals surface area (Å²) < 4.78 is 4.81. The van der Waals surface area contributed by atoms with E-state index in [0.29, 0.717) is 12.3 Å². The smallest absolute Gasteiger partial charge is 0.312 e. The van der Waals surface area contributed by atoms with Crippen LogP contribution in [0.25, 0.3) is 0 Å². The van der Waals surface area contributed by atoms with E-state index < -0.39 is 0 Å². The summed E-state index contributed by atoms with van der Waals surface area (Å²) in [6.07, 6.45) is 2.46. The van der Waals surface area contributed by atoms with Crippen molar-refractivity contribution < 1.29 is 14.4 Å². The van der Waals surface area contributed by atoms with Crippen molar-refractivity contribution in [3.8, 4) is 0 Å². The molecule has 0 aromatic carbocycles. The van der Waals surface area contributed by atoms with Crippen molar-refractivity contribution in [2.24, 2.45) is 28.6 Å². The SMILES string of the molecule is CCC(CC)C1=NO[C@H]2[C@@H]1[C@H](N)C[C@@H]2C(=O)OC. The summed E-state index contributed by atoms with van der Waals surface area (Å²) in [7, 11) is 1.40. The molecule has 5 nitrogen and oxygen atoms in total. The summed E-state index contributed by atoms with van der Waals surface area (Å²) in [5.41, 5.74) is 7.22. The number of carbonyl (C=O) groups is 1. The van der Waals surface area contributed by atoms with E-state index in [1.807, 2.05) is 0 Å². The number of hydrogen-bond donors (Lipinski definition) is 1. The average molecular weight is 254 g/mol. The molecule has 1 aliphatic heterocycles. The van der Waals surface area contributed by atoms with Gasteiger partial charge in [0.25, 0.3) is 0 Å². The minimum Gasteiger partial charge on any atom is -0.469 e. The van der Waals surface area contributed by atoms with Gasteiger partial charge >= 0.3 is 5.97 Å². The molecule has 0 amide bonds. The van der Waals surface area contributed by atoms with Crippen molar-refractivity contribution in [2.45, 2.75) is 45.3 Å². The number of esters is 1. The predicted molar refractivity (Wildman–Crippen MR) is 68.0 cm³/mol. The van der Waals surface area contributed by atoms with Crippen LogP contribution < -0.4 is 5.73 Å². The standard InChI is InChI=1S/C13H22N2O3/c1-4-7(5-2)11-10-9(14)6-8(13(16)17-3)12(10)18-15-11/h7-10,12H,4-6,14H2,1-3H3/t8-,9+,10+,12+/m0/s1. The van der Waals surface area contributed by atoms with Crippen LogP contribution in [0, 0.1) is 17.8 Å². The van der Waals surface area contributed by atoms with E-state index in [1.165, 1.54) is 7.11 Å². The lowest BCUT2D eigenvalue weighted by atomic mass is 9.84. The summed E-state index contributed by atoms with van der Waals surface area (Å²) in [5, 5.41) is 4.21. The fourth-order valence-corrected chi connectivity index (χ4v) is 3.21. The second-order valence-electron chi connectivity index (χ2n) is 5.15. The number of nitrogens with two attached hydrogens (primary N) is 1. The third-order valence-electron chi connectivity index (χ3n) is 4.27. The van der Waals surface area contributed by atoms with Gasteiger partial charge in [-0.2, -0.15) is 0 Å². The fourth-order valence-electron chi connectivity index (χ4n) is 3.21. The summed E-state index contributed by atoms with van der Waals surface area (Å²) in [4.78, 5) is 17.2. The Morgan fingerprint density at radius 3 is 2.78 bits per heavy atom. The minimum absolute atomic E-state index is 0.0547. The normalized spacial score (nSPS) is 34.2. The van der Waals surface area contributed by atoms with Crippen LogP contribution in [-0.2, 0) is 14.4 Å². The number of nitrogens with zero attached hydrogens (tertiary/aromatic N) is 1. The molecule has 0 radical (unpaired) electrons. The third-order valence-corrected chi connectivity index (χ3v) is 4.27. The highest BCUT2D eigenvalue weighted by molar-refractivity contribution is 5.92. The number of fused-ring (bicyclic) bond motifs is 1. The van der Waals surface area contributed by atoms with Crippen molar-refractivity contribution in [3.63, 3.8) is 0 Å². The largest absolute Gasteiger partial charge is 0.469 e. The molecular formula is C13H22N2O3. The first-order valence-electron chi connectivity index (χ1n) is 6.70. The molecule has 1 heterocycles. The molecular weight excluding hydrogens is 232 g/mol. The van der Waals surface area contributed by atoms with E-state index in [2.05, 4.69) is 19.0 Å². The zero-order valence-electron chi connectivity index (χ0n) is 11.3. The lowest BCUT2D eigenvalue weighted by Gasteiger charge is -2.20. The maximum absolute atomic E-state index is 11.7. The lowest BCUT2D eigenvalue weighted by molar-refractivity contribution is -0.149. The molecule has 5 heteroatoms. The Balaban J connectivity index is 2.16. The molecule has 1 saturated carbocycles. The van der Waals surface area contributed by atoms with Crippen LogP contribution in [-0.4, -0.2) is 30.9 Å². The fraction of sp³-hybridized carbons (Fsp3) is 0.846. The summed E-state index contributed by atoms with van der Waals surface area (Å²) in [5.74, 6) is -0.0222. The molecule has 4 atom stereocenters. The van der Waals surface area contributed by atoms with Gasteiger partial charge in [0.1, 0.15) is 0 Å². The van der Waals surface area contributed by atoms with E-state index in [9.17, 15) is 4.79 Å². The van der Waals surface area contributed by atoms with E-state index >= 15 is 0 Å². The molecule has 18 heavy (non-hydrogen) atoms. The van der Waals surface area contributed by atoms with Gasteiger partial charge in [-0.05, 0) is 19.3 Å². The molecule has 2 aliphatic rings.